The minimum atomic E-state index is -0.405. The molecule has 1 aromatic carbocycles. The van der Waals surface area contributed by atoms with E-state index < -0.39 is 11.8 Å². The van der Waals surface area contributed by atoms with Crippen LogP contribution in [0.2, 0.25) is 0 Å². The number of hydroxylamine groups is 1. The number of carbonyl (C=O) groups excluding carboxylic acids is 3. The highest BCUT2D eigenvalue weighted by Crippen LogP contribution is 2.21. The second kappa shape index (κ2) is 7.70. The van der Waals surface area contributed by atoms with E-state index in [1.807, 2.05) is 0 Å². The maximum absolute atomic E-state index is 12.0. The molecule has 1 aromatic rings. The Bertz CT molecular complexity index is 536. The lowest BCUT2D eigenvalue weighted by Crippen LogP contribution is -2.36. The van der Waals surface area contributed by atoms with Crippen molar-refractivity contribution in [3.63, 3.8) is 0 Å². The van der Waals surface area contributed by atoms with Crippen molar-refractivity contribution in [3.05, 3.63) is 35.4 Å². The average Bonchev–Trinajstić information content (AvgIpc) is 2.77. The minimum absolute atomic E-state index is 0.243. The first-order valence-electron chi connectivity index (χ1n) is 7.51. The third-order valence-corrected chi connectivity index (χ3v) is 3.52. The maximum Gasteiger partial charge on any atom is 0.263 e. The number of hydrogen-bond donors (Lipinski definition) is 1. The van der Waals surface area contributed by atoms with E-state index in [1.165, 1.54) is 0 Å². The largest absolute Gasteiger partial charge is 0.273 e. The van der Waals surface area contributed by atoms with Gasteiger partial charge in [-0.25, -0.2) is 10.4 Å². The van der Waals surface area contributed by atoms with Crippen molar-refractivity contribution in [1.82, 2.24) is 10.4 Å². The Morgan fingerprint density at radius 1 is 1.09 bits per heavy atom. The van der Waals surface area contributed by atoms with Crippen LogP contribution in [0.15, 0.2) is 24.3 Å². The zero-order valence-corrected chi connectivity index (χ0v) is 12.6. The average molecular weight is 304 g/mol. The van der Waals surface area contributed by atoms with Crippen molar-refractivity contribution in [2.24, 2.45) is 0 Å². The molecule has 0 aliphatic carbocycles. The quantitative estimate of drug-likeness (QED) is 0.454. The number of carbonyl (C=O) groups is 3. The molecule has 1 aliphatic rings. The topological polar surface area (TPSA) is 75.7 Å². The van der Waals surface area contributed by atoms with Gasteiger partial charge in [-0.3, -0.25) is 19.2 Å². The number of nitrogens with one attached hydrogen (secondary N) is 1. The van der Waals surface area contributed by atoms with Gasteiger partial charge in [0.1, 0.15) is 0 Å². The number of amides is 3. The number of nitrogens with zero attached hydrogens (tertiary/aromatic N) is 1. The van der Waals surface area contributed by atoms with E-state index in [9.17, 15) is 14.4 Å². The Morgan fingerprint density at radius 3 is 2.32 bits per heavy atom. The SMILES string of the molecule is CCCCCCC(=O)NOCN1C(=O)c2ccccc2C1=O. The second-order valence-corrected chi connectivity index (χ2v) is 5.19. The van der Waals surface area contributed by atoms with Crippen LogP contribution >= 0.6 is 0 Å². The Labute approximate surface area is 129 Å². The molecule has 0 saturated carbocycles. The first-order chi connectivity index (χ1) is 10.6. The third kappa shape index (κ3) is 3.71. The van der Waals surface area contributed by atoms with Gasteiger partial charge in [0.25, 0.3) is 11.8 Å². The predicted octanol–water partition coefficient (Wildman–Crippen LogP) is 2.26. The van der Waals surface area contributed by atoms with Crippen molar-refractivity contribution in [1.29, 1.82) is 0 Å². The van der Waals surface area contributed by atoms with Crippen molar-refractivity contribution >= 4 is 17.7 Å². The van der Waals surface area contributed by atoms with Crippen LogP contribution in [0, 0.1) is 0 Å². The Morgan fingerprint density at radius 2 is 1.73 bits per heavy atom. The van der Waals surface area contributed by atoms with E-state index in [0.717, 1.165) is 30.6 Å². The molecule has 6 nitrogen and oxygen atoms in total. The number of benzene rings is 1. The van der Waals surface area contributed by atoms with E-state index >= 15 is 0 Å². The standard InChI is InChI=1S/C16H20N2O4/c1-2-3-4-5-10-14(19)17-22-11-18-15(20)12-8-6-7-9-13(12)16(18)21/h6-9H,2-5,10-11H2,1H3,(H,17,19). The maximum atomic E-state index is 12.0. The van der Waals surface area contributed by atoms with Crippen molar-refractivity contribution in [2.45, 2.75) is 39.0 Å². The Kier molecular flexibility index (Phi) is 5.66. The molecule has 0 spiro atoms. The lowest BCUT2D eigenvalue weighted by Gasteiger charge is -2.13. The molecule has 0 aromatic heterocycles. The fourth-order valence-corrected chi connectivity index (χ4v) is 2.30. The lowest BCUT2D eigenvalue weighted by atomic mass is 10.1. The summed E-state index contributed by atoms with van der Waals surface area (Å²) in [7, 11) is 0. The van der Waals surface area contributed by atoms with Gasteiger partial charge < -0.3 is 0 Å². The monoisotopic (exact) mass is 304 g/mol. The molecule has 0 atom stereocenters. The fraction of sp³-hybridized carbons (Fsp3) is 0.438. The van der Waals surface area contributed by atoms with E-state index in [0.29, 0.717) is 17.5 Å². The summed E-state index contributed by atoms with van der Waals surface area (Å²) in [6.07, 6.45) is 4.39. The summed E-state index contributed by atoms with van der Waals surface area (Å²) in [5.41, 5.74) is 3.00. The lowest BCUT2D eigenvalue weighted by molar-refractivity contribution is -0.136. The summed E-state index contributed by atoms with van der Waals surface area (Å²) in [4.78, 5) is 41.6. The summed E-state index contributed by atoms with van der Waals surface area (Å²) in [5.74, 6) is -1.05. The van der Waals surface area contributed by atoms with Gasteiger partial charge in [0, 0.05) is 6.42 Å². The van der Waals surface area contributed by atoms with E-state index in [-0.39, 0.29) is 12.6 Å². The van der Waals surface area contributed by atoms with Gasteiger partial charge in [-0.2, -0.15) is 0 Å². The number of rotatable bonds is 8. The highest BCUT2D eigenvalue weighted by molar-refractivity contribution is 6.21. The van der Waals surface area contributed by atoms with Crippen LogP contribution in [0.3, 0.4) is 0 Å². The van der Waals surface area contributed by atoms with Crippen LogP contribution in [-0.4, -0.2) is 29.4 Å². The van der Waals surface area contributed by atoms with Crippen LogP contribution in [0.1, 0.15) is 59.7 Å². The summed E-state index contributed by atoms with van der Waals surface area (Å²) in [5, 5.41) is 0. The van der Waals surface area contributed by atoms with Gasteiger partial charge in [0.2, 0.25) is 5.91 Å². The number of fused-ring (bicyclic) bond motifs is 1. The zero-order valence-electron chi connectivity index (χ0n) is 12.6. The fourth-order valence-electron chi connectivity index (χ4n) is 2.30. The normalized spacial score (nSPS) is 13.4. The van der Waals surface area contributed by atoms with Gasteiger partial charge in [-0.05, 0) is 18.6 Å². The summed E-state index contributed by atoms with van der Waals surface area (Å²) >= 11 is 0. The van der Waals surface area contributed by atoms with Gasteiger partial charge in [0.15, 0.2) is 6.73 Å². The molecular weight excluding hydrogens is 284 g/mol. The third-order valence-electron chi connectivity index (χ3n) is 3.52. The van der Waals surface area contributed by atoms with Crippen LogP contribution in [-0.2, 0) is 9.63 Å². The van der Waals surface area contributed by atoms with Crippen molar-refractivity contribution in [3.8, 4) is 0 Å². The van der Waals surface area contributed by atoms with Gasteiger partial charge in [-0.15, -0.1) is 0 Å². The number of unbranched alkanes of at least 4 members (excludes halogenated alkanes) is 3. The smallest absolute Gasteiger partial charge is 0.263 e. The molecule has 0 unspecified atom stereocenters. The zero-order chi connectivity index (χ0) is 15.9. The molecule has 0 saturated heterocycles. The molecular formula is C16H20N2O4. The molecule has 3 amide bonds. The molecule has 1 heterocycles. The number of hydrogen-bond acceptors (Lipinski definition) is 4. The van der Waals surface area contributed by atoms with Gasteiger partial charge in [-0.1, -0.05) is 38.3 Å². The van der Waals surface area contributed by atoms with Gasteiger partial charge in [0.05, 0.1) is 11.1 Å². The Hall–Kier alpha value is -2.21. The molecule has 1 N–H and O–H groups in total. The summed E-state index contributed by atoms with van der Waals surface area (Å²) in [6, 6.07) is 6.60. The van der Waals surface area contributed by atoms with Crippen LogP contribution in [0.5, 0.6) is 0 Å². The summed E-state index contributed by atoms with van der Waals surface area (Å²) in [6.45, 7) is 1.82. The highest BCUT2D eigenvalue weighted by atomic mass is 16.7. The molecule has 6 heteroatoms. The molecule has 2 rings (SSSR count). The second-order valence-electron chi connectivity index (χ2n) is 5.19. The predicted molar refractivity (Wildman–Crippen MR) is 79.8 cm³/mol. The molecule has 0 radical (unpaired) electrons. The van der Waals surface area contributed by atoms with Crippen LogP contribution < -0.4 is 5.48 Å². The molecule has 1 aliphatic heterocycles. The van der Waals surface area contributed by atoms with Crippen LogP contribution in [0.4, 0.5) is 0 Å². The molecule has 118 valence electrons. The summed E-state index contributed by atoms with van der Waals surface area (Å²) < 4.78 is 0. The van der Waals surface area contributed by atoms with Crippen LogP contribution in [0.25, 0.3) is 0 Å². The molecule has 0 fully saturated rings. The van der Waals surface area contributed by atoms with E-state index in [1.54, 1.807) is 24.3 Å². The van der Waals surface area contributed by atoms with E-state index in [2.05, 4.69) is 12.4 Å². The molecule has 0 bridgehead atoms. The first-order valence-corrected chi connectivity index (χ1v) is 7.51. The minimum Gasteiger partial charge on any atom is -0.273 e. The Balaban J connectivity index is 1.75. The van der Waals surface area contributed by atoms with Crippen molar-refractivity contribution in [2.75, 3.05) is 6.73 Å². The van der Waals surface area contributed by atoms with Gasteiger partial charge >= 0.3 is 0 Å². The number of imide groups is 1. The molecule has 22 heavy (non-hydrogen) atoms. The van der Waals surface area contributed by atoms with Crippen molar-refractivity contribution < 1.29 is 19.2 Å². The first kappa shape index (κ1) is 16.2. The highest BCUT2D eigenvalue weighted by Gasteiger charge is 2.35. The van der Waals surface area contributed by atoms with E-state index in [4.69, 9.17) is 4.84 Å².